The van der Waals surface area contributed by atoms with E-state index < -0.39 is 0 Å². The number of hydrogen-bond acceptors (Lipinski definition) is 2. The van der Waals surface area contributed by atoms with E-state index in [-0.39, 0.29) is 0 Å². The highest BCUT2D eigenvalue weighted by atomic mass is 16.3. The Balaban J connectivity index is 2.01. The number of likely N-dealkylation sites (tertiary alicyclic amines) is 1. The molecule has 2 unspecified atom stereocenters. The molecule has 1 fully saturated rings. The summed E-state index contributed by atoms with van der Waals surface area (Å²) in [6, 6.07) is 8.08. The van der Waals surface area contributed by atoms with E-state index in [0.29, 0.717) is 11.8 Å². The molecule has 1 heterocycles. The third-order valence-corrected chi connectivity index (χ3v) is 4.12. The second-order valence-electron chi connectivity index (χ2n) is 5.56. The summed E-state index contributed by atoms with van der Waals surface area (Å²) in [6.07, 6.45) is 1.32. The van der Waals surface area contributed by atoms with Crippen molar-refractivity contribution in [2.45, 2.75) is 33.2 Å². The minimum Gasteiger partial charge on any atom is -0.508 e. The van der Waals surface area contributed by atoms with Crippen molar-refractivity contribution in [1.82, 2.24) is 4.90 Å². The van der Waals surface area contributed by atoms with Gasteiger partial charge in [0.15, 0.2) is 0 Å². The predicted octanol–water partition coefficient (Wildman–Crippen LogP) is 3.43. The summed E-state index contributed by atoms with van der Waals surface area (Å²) < 4.78 is 0. The van der Waals surface area contributed by atoms with Crippen LogP contribution in [0, 0.1) is 11.8 Å². The summed E-state index contributed by atoms with van der Waals surface area (Å²) in [5, 5.41) is 9.31. The molecule has 0 spiro atoms. The van der Waals surface area contributed by atoms with Gasteiger partial charge in [0.2, 0.25) is 0 Å². The molecule has 0 saturated carbocycles. The molecule has 17 heavy (non-hydrogen) atoms. The Morgan fingerprint density at radius 1 is 1.18 bits per heavy atom. The molecular weight excluding hydrogens is 210 g/mol. The van der Waals surface area contributed by atoms with Crippen molar-refractivity contribution >= 4 is 0 Å². The number of benzene rings is 1. The SMILES string of the molecule is CC(C)C1CCN(C(C)c2ccc(O)cc2)C1. The van der Waals surface area contributed by atoms with Gasteiger partial charge in [0.1, 0.15) is 5.75 Å². The van der Waals surface area contributed by atoms with Crippen LogP contribution in [0.1, 0.15) is 38.8 Å². The predicted molar refractivity (Wildman–Crippen MR) is 71.0 cm³/mol. The maximum absolute atomic E-state index is 9.31. The number of phenols is 1. The molecule has 2 nitrogen and oxygen atoms in total. The average Bonchev–Trinajstić information content (AvgIpc) is 2.78. The molecule has 1 aromatic rings. The van der Waals surface area contributed by atoms with Crippen LogP contribution in [0.3, 0.4) is 0 Å². The molecule has 2 rings (SSSR count). The zero-order valence-electron chi connectivity index (χ0n) is 11.1. The van der Waals surface area contributed by atoms with Gasteiger partial charge in [-0.1, -0.05) is 26.0 Å². The van der Waals surface area contributed by atoms with Crippen molar-refractivity contribution in [1.29, 1.82) is 0 Å². The molecule has 94 valence electrons. The third kappa shape index (κ3) is 2.81. The number of nitrogens with zero attached hydrogens (tertiary/aromatic N) is 1. The van der Waals surface area contributed by atoms with E-state index in [9.17, 15) is 5.11 Å². The molecule has 2 atom stereocenters. The normalized spacial score (nSPS) is 23.2. The summed E-state index contributed by atoms with van der Waals surface area (Å²) in [7, 11) is 0. The van der Waals surface area contributed by atoms with Gasteiger partial charge in [0.25, 0.3) is 0 Å². The van der Waals surface area contributed by atoms with Crippen LogP contribution in [0.15, 0.2) is 24.3 Å². The average molecular weight is 233 g/mol. The van der Waals surface area contributed by atoms with E-state index in [0.717, 1.165) is 11.8 Å². The van der Waals surface area contributed by atoms with E-state index in [1.807, 2.05) is 12.1 Å². The monoisotopic (exact) mass is 233 g/mol. The lowest BCUT2D eigenvalue weighted by atomic mass is 9.95. The fraction of sp³-hybridized carbons (Fsp3) is 0.600. The number of hydrogen-bond donors (Lipinski definition) is 1. The van der Waals surface area contributed by atoms with Crippen LogP contribution in [0.25, 0.3) is 0 Å². The Morgan fingerprint density at radius 3 is 2.35 bits per heavy atom. The summed E-state index contributed by atoms with van der Waals surface area (Å²) in [4.78, 5) is 2.55. The molecule has 0 aliphatic carbocycles. The Hall–Kier alpha value is -1.02. The minimum absolute atomic E-state index is 0.349. The van der Waals surface area contributed by atoms with E-state index in [1.165, 1.54) is 25.1 Å². The van der Waals surface area contributed by atoms with E-state index in [2.05, 4.69) is 25.7 Å². The molecule has 1 aliphatic rings. The van der Waals surface area contributed by atoms with Gasteiger partial charge in [-0.05, 0) is 49.4 Å². The number of aromatic hydroxyl groups is 1. The first kappa shape index (κ1) is 12.4. The van der Waals surface area contributed by atoms with Crippen LogP contribution in [0.4, 0.5) is 0 Å². The summed E-state index contributed by atoms with van der Waals surface area (Å²) >= 11 is 0. The van der Waals surface area contributed by atoms with Crippen LogP contribution in [-0.4, -0.2) is 23.1 Å². The first-order chi connectivity index (χ1) is 8.08. The molecular formula is C15H23NO. The lowest BCUT2D eigenvalue weighted by Crippen LogP contribution is -2.25. The van der Waals surface area contributed by atoms with Gasteiger partial charge >= 0.3 is 0 Å². The fourth-order valence-electron chi connectivity index (χ4n) is 2.68. The molecule has 0 bridgehead atoms. The van der Waals surface area contributed by atoms with Crippen LogP contribution in [-0.2, 0) is 0 Å². The zero-order chi connectivity index (χ0) is 12.4. The van der Waals surface area contributed by atoms with E-state index >= 15 is 0 Å². The summed E-state index contributed by atoms with van der Waals surface area (Å²) in [5.41, 5.74) is 1.30. The van der Waals surface area contributed by atoms with Crippen molar-refractivity contribution in [2.24, 2.45) is 11.8 Å². The standard InChI is InChI=1S/C15H23NO/c1-11(2)14-8-9-16(10-14)12(3)13-4-6-15(17)7-5-13/h4-7,11-12,14,17H,8-10H2,1-3H3. The van der Waals surface area contributed by atoms with Crippen LogP contribution in [0.2, 0.25) is 0 Å². The lowest BCUT2D eigenvalue weighted by Gasteiger charge is -2.25. The van der Waals surface area contributed by atoms with Crippen LogP contribution in [0.5, 0.6) is 5.75 Å². The topological polar surface area (TPSA) is 23.5 Å². The molecule has 0 radical (unpaired) electrons. The van der Waals surface area contributed by atoms with Gasteiger partial charge in [-0.2, -0.15) is 0 Å². The highest BCUT2D eigenvalue weighted by Gasteiger charge is 2.28. The first-order valence-corrected chi connectivity index (χ1v) is 6.61. The second kappa shape index (κ2) is 5.09. The van der Waals surface area contributed by atoms with E-state index in [1.54, 1.807) is 12.1 Å². The highest BCUT2D eigenvalue weighted by molar-refractivity contribution is 5.27. The molecule has 0 amide bonds. The van der Waals surface area contributed by atoms with Gasteiger partial charge in [-0.15, -0.1) is 0 Å². The van der Waals surface area contributed by atoms with Gasteiger partial charge in [-0.25, -0.2) is 0 Å². The molecule has 1 N–H and O–H groups in total. The van der Waals surface area contributed by atoms with Gasteiger partial charge in [-0.3, -0.25) is 4.90 Å². The summed E-state index contributed by atoms with van der Waals surface area (Å²) in [5.74, 6) is 1.98. The van der Waals surface area contributed by atoms with Crippen LogP contribution >= 0.6 is 0 Å². The summed E-state index contributed by atoms with van der Waals surface area (Å²) in [6.45, 7) is 9.30. The highest BCUT2D eigenvalue weighted by Crippen LogP contribution is 2.31. The smallest absolute Gasteiger partial charge is 0.115 e. The molecule has 0 aromatic heterocycles. The van der Waals surface area contributed by atoms with Crippen molar-refractivity contribution in [2.75, 3.05) is 13.1 Å². The molecule has 1 aromatic carbocycles. The zero-order valence-corrected chi connectivity index (χ0v) is 11.1. The molecule has 1 saturated heterocycles. The van der Waals surface area contributed by atoms with Crippen LogP contribution < -0.4 is 0 Å². The maximum Gasteiger partial charge on any atom is 0.115 e. The Kier molecular flexibility index (Phi) is 3.72. The lowest BCUT2D eigenvalue weighted by molar-refractivity contribution is 0.242. The Morgan fingerprint density at radius 2 is 1.82 bits per heavy atom. The van der Waals surface area contributed by atoms with Crippen molar-refractivity contribution < 1.29 is 5.11 Å². The van der Waals surface area contributed by atoms with Crippen molar-refractivity contribution in [3.05, 3.63) is 29.8 Å². The largest absolute Gasteiger partial charge is 0.508 e. The molecule has 2 heteroatoms. The van der Waals surface area contributed by atoms with Gasteiger partial charge < -0.3 is 5.11 Å². The maximum atomic E-state index is 9.31. The third-order valence-electron chi connectivity index (χ3n) is 4.12. The fourth-order valence-corrected chi connectivity index (χ4v) is 2.68. The van der Waals surface area contributed by atoms with Crippen molar-refractivity contribution in [3.63, 3.8) is 0 Å². The van der Waals surface area contributed by atoms with Gasteiger partial charge in [0, 0.05) is 12.6 Å². The number of phenolic OH excluding ortho intramolecular Hbond substituents is 1. The Labute approximate surface area is 104 Å². The second-order valence-corrected chi connectivity index (χ2v) is 5.56. The van der Waals surface area contributed by atoms with Gasteiger partial charge in [0.05, 0.1) is 0 Å². The number of rotatable bonds is 3. The molecule has 1 aliphatic heterocycles. The minimum atomic E-state index is 0.349. The van der Waals surface area contributed by atoms with E-state index in [4.69, 9.17) is 0 Å². The first-order valence-electron chi connectivity index (χ1n) is 6.61. The quantitative estimate of drug-likeness (QED) is 0.864. The van der Waals surface area contributed by atoms with Crippen molar-refractivity contribution in [3.8, 4) is 5.75 Å². The Bertz CT molecular complexity index is 358.